The van der Waals surface area contributed by atoms with Crippen molar-refractivity contribution in [1.82, 2.24) is 14.3 Å². The van der Waals surface area contributed by atoms with E-state index in [-0.39, 0.29) is 30.0 Å². The van der Waals surface area contributed by atoms with Gasteiger partial charge in [0.05, 0.1) is 25.3 Å². The number of rotatable bonds is 8. The molecule has 0 spiro atoms. The molecule has 0 atom stereocenters. The number of Topliss-reactive ketones (excluding diaryl/α,β-unsaturated/α-hetero) is 1. The molecule has 3 rings (SSSR count). The van der Waals surface area contributed by atoms with Gasteiger partial charge in [0.2, 0.25) is 10.0 Å². The lowest BCUT2D eigenvalue weighted by Gasteiger charge is -2.38. The Hall–Kier alpha value is -2.32. The third-order valence-corrected chi connectivity index (χ3v) is 6.75. The van der Waals surface area contributed by atoms with Crippen LogP contribution in [0.25, 0.3) is 0 Å². The molecule has 1 fully saturated rings. The summed E-state index contributed by atoms with van der Waals surface area (Å²) in [5.74, 6) is 0.618. The van der Waals surface area contributed by atoms with Crippen molar-refractivity contribution < 1.29 is 17.9 Å². The largest absolute Gasteiger partial charge is 0.488 e. The van der Waals surface area contributed by atoms with E-state index in [0.29, 0.717) is 35.9 Å². The molecule has 1 aliphatic heterocycles. The van der Waals surface area contributed by atoms with Gasteiger partial charge in [0.25, 0.3) is 0 Å². The maximum atomic E-state index is 12.6. The van der Waals surface area contributed by atoms with Crippen molar-refractivity contribution in [3.63, 3.8) is 0 Å². The summed E-state index contributed by atoms with van der Waals surface area (Å²) in [6.07, 6.45) is 1.68. The number of carbonyl (C=O) groups is 1. The van der Waals surface area contributed by atoms with Crippen LogP contribution < -0.4 is 4.74 Å². The van der Waals surface area contributed by atoms with E-state index < -0.39 is 10.0 Å². The lowest BCUT2D eigenvalue weighted by molar-refractivity contribution is 0.0756. The molecule has 7 nitrogen and oxygen atoms in total. The van der Waals surface area contributed by atoms with Crippen LogP contribution in [-0.4, -0.2) is 53.4 Å². The van der Waals surface area contributed by atoms with E-state index in [4.69, 9.17) is 4.74 Å². The van der Waals surface area contributed by atoms with Crippen molar-refractivity contribution in [1.29, 1.82) is 0 Å². The Balaban J connectivity index is 1.63. The van der Waals surface area contributed by atoms with E-state index in [0.717, 1.165) is 5.56 Å². The van der Waals surface area contributed by atoms with E-state index in [1.54, 1.807) is 25.3 Å². The molecule has 0 bridgehead atoms. The van der Waals surface area contributed by atoms with E-state index in [1.807, 2.05) is 32.9 Å². The maximum absolute atomic E-state index is 12.6. The summed E-state index contributed by atoms with van der Waals surface area (Å²) in [6.45, 7) is 8.17. The average Bonchev–Trinajstić information content (AvgIpc) is 2.58. The van der Waals surface area contributed by atoms with Crippen LogP contribution in [0.5, 0.6) is 5.75 Å². The summed E-state index contributed by atoms with van der Waals surface area (Å²) in [5, 5.41) is 0. The van der Waals surface area contributed by atoms with Gasteiger partial charge in [0, 0.05) is 29.7 Å². The standard InChI is InChI=1S/C21H27N3O4S/c1-14(2)13-29(26,27)24-11-19(12-24)28-18-7-16(4)23-20(9-18)21(25)8-17-6-5-15(3)10-22-17/h5-7,9-10,14,19H,8,11-13H2,1-4H3. The van der Waals surface area contributed by atoms with Crippen LogP contribution in [0.4, 0.5) is 0 Å². The third-order valence-electron chi connectivity index (χ3n) is 4.58. The number of pyridine rings is 2. The van der Waals surface area contributed by atoms with Gasteiger partial charge >= 0.3 is 0 Å². The molecule has 2 aromatic heterocycles. The lowest BCUT2D eigenvalue weighted by atomic mass is 10.1. The van der Waals surface area contributed by atoms with E-state index in [9.17, 15) is 13.2 Å². The fourth-order valence-corrected chi connectivity index (χ4v) is 4.97. The minimum absolute atomic E-state index is 0.0828. The molecule has 2 aromatic rings. The first-order valence-corrected chi connectivity index (χ1v) is 11.3. The number of ether oxygens (including phenoxy) is 1. The molecule has 0 aliphatic carbocycles. The van der Waals surface area contributed by atoms with Crippen LogP contribution in [0.15, 0.2) is 30.5 Å². The first-order chi connectivity index (χ1) is 13.6. The summed E-state index contributed by atoms with van der Waals surface area (Å²) < 4.78 is 31.8. The highest BCUT2D eigenvalue weighted by Crippen LogP contribution is 2.23. The number of sulfonamides is 1. The smallest absolute Gasteiger partial charge is 0.214 e. The topological polar surface area (TPSA) is 89.5 Å². The third kappa shape index (κ3) is 5.61. The summed E-state index contributed by atoms with van der Waals surface area (Å²) in [4.78, 5) is 21.2. The zero-order chi connectivity index (χ0) is 21.2. The van der Waals surface area contributed by atoms with Crippen LogP contribution in [0.2, 0.25) is 0 Å². The van der Waals surface area contributed by atoms with Gasteiger partial charge in [-0.2, -0.15) is 4.31 Å². The highest BCUT2D eigenvalue weighted by molar-refractivity contribution is 7.89. The van der Waals surface area contributed by atoms with Crippen molar-refractivity contribution in [2.24, 2.45) is 5.92 Å². The second kappa shape index (κ2) is 8.59. The SMILES string of the molecule is Cc1ccc(CC(=O)c2cc(OC3CN(S(=O)(=O)CC(C)C)C3)cc(C)n2)nc1. The normalized spacial score (nSPS) is 15.3. The molecule has 29 heavy (non-hydrogen) atoms. The second-order valence-electron chi connectivity index (χ2n) is 7.99. The number of ketones is 1. The van der Waals surface area contributed by atoms with Crippen molar-refractivity contribution in [3.8, 4) is 5.75 Å². The van der Waals surface area contributed by atoms with Crippen LogP contribution >= 0.6 is 0 Å². The first-order valence-electron chi connectivity index (χ1n) is 9.70. The van der Waals surface area contributed by atoms with Crippen molar-refractivity contribution >= 4 is 15.8 Å². The average molecular weight is 418 g/mol. The van der Waals surface area contributed by atoms with Crippen LogP contribution in [0.1, 0.15) is 41.3 Å². The summed E-state index contributed by atoms with van der Waals surface area (Å²) in [6, 6.07) is 7.13. The van der Waals surface area contributed by atoms with Crippen LogP contribution in [-0.2, 0) is 16.4 Å². The summed E-state index contributed by atoms with van der Waals surface area (Å²) in [7, 11) is -3.24. The fraction of sp³-hybridized carbons (Fsp3) is 0.476. The summed E-state index contributed by atoms with van der Waals surface area (Å²) >= 11 is 0. The van der Waals surface area contributed by atoms with Gasteiger partial charge in [-0.1, -0.05) is 19.9 Å². The van der Waals surface area contributed by atoms with Crippen LogP contribution in [0.3, 0.4) is 0 Å². The van der Waals surface area contributed by atoms with Crippen molar-refractivity contribution in [2.45, 2.75) is 40.2 Å². The minimum Gasteiger partial charge on any atom is -0.488 e. The number of hydrogen-bond acceptors (Lipinski definition) is 6. The predicted molar refractivity (Wildman–Crippen MR) is 111 cm³/mol. The Bertz CT molecular complexity index is 981. The quantitative estimate of drug-likeness (QED) is 0.613. The van der Waals surface area contributed by atoms with Gasteiger partial charge in [-0.3, -0.25) is 9.78 Å². The molecular formula is C21H27N3O4S. The van der Waals surface area contributed by atoms with Gasteiger partial charge < -0.3 is 4.74 Å². The number of nitrogens with zero attached hydrogens (tertiary/aromatic N) is 3. The molecule has 0 amide bonds. The molecule has 1 aliphatic rings. The molecule has 3 heterocycles. The van der Waals surface area contributed by atoms with Crippen molar-refractivity contribution in [2.75, 3.05) is 18.8 Å². The first kappa shape index (κ1) is 21.4. The van der Waals surface area contributed by atoms with Gasteiger partial charge in [0.15, 0.2) is 5.78 Å². The number of hydrogen-bond donors (Lipinski definition) is 0. The number of aryl methyl sites for hydroxylation is 2. The number of aromatic nitrogens is 2. The maximum Gasteiger partial charge on any atom is 0.214 e. The van der Waals surface area contributed by atoms with Gasteiger partial charge in [-0.25, -0.2) is 13.4 Å². The van der Waals surface area contributed by atoms with Crippen molar-refractivity contribution in [3.05, 3.63) is 53.1 Å². The van der Waals surface area contributed by atoms with Gasteiger partial charge in [-0.15, -0.1) is 0 Å². The van der Waals surface area contributed by atoms with Gasteiger partial charge in [0.1, 0.15) is 17.5 Å². The second-order valence-corrected chi connectivity index (χ2v) is 10.00. The predicted octanol–water partition coefficient (Wildman–Crippen LogP) is 2.57. The van der Waals surface area contributed by atoms with Gasteiger partial charge in [-0.05, 0) is 31.4 Å². The molecule has 0 saturated carbocycles. The van der Waals surface area contributed by atoms with E-state index >= 15 is 0 Å². The molecule has 1 saturated heterocycles. The molecular weight excluding hydrogens is 390 g/mol. The Morgan fingerprint density at radius 3 is 2.59 bits per heavy atom. The zero-order valence-electron chi connectivity index (χ0n) is 17.3. The van der Waals surface area contributed by atoms with E-state index in [2.05, 4.69) is 9.97 Å². The molecule has 0 N–H and O–H groups in total. The molecule has 8 heteroatoms. The minimum atomic E-state index is -3.24. The fourth-order valence-electron chi connectivity index (χ4n) is 3.13. The van der Waals surface area contributed by atoms with E-state index in [1.165, 1.54) is 4.31 Å². The lowest BCUT2D eigenvalue weighted by Crippen LogP contribution is -2.56. The van der Waals surface area contributed by atoms with Crippen LogP contribution in [0, 0.1) is 19.8 Å². The molecule has 0 unspecified atom stereocenters. The Labute approximate surface area is 172 Å². The zero-order valence-corrected chi connectivity index (χ0v) is 18.1. The molecule has 0 radical (unpaired) electrons. The molecule has 156 valence electrons. The monoisotopic (exact) mass is 417 g/mol. The summed E-state index contributed by atoms with van der Waals surface area (Å²) in [5.41, 5.74) is 2.73. The number of carbonyl (C=O) groups excluding carboxylic acids is 1. The Morgan fingerprint density at radius 1 is 1.24 bits per heavy atom. The molecule has 0 aromatic carbocycles. The Kier molecular flexibility index (Phi) is 6.33. The highest BCUT2D eigenvalue weighted by Gasteiger charge is 2.37. The Morgan fingerprint density at radius 2 is 1.97 bits per heavy atom. The highest BCUT2D eigenvalue weighted by atomic mass is 32.2.